The van der Waals surface area contributed by atoms with Crippen LogP contribution in [-0.2, 0) is 0 Å². The summed E-state index contributed by atoms with van der Waals surface area (Å²) in [6, 6.07) is 7.12. The van der Waals surface area contributed by atoms with Gasteiger partial charge in [-0.05, 0) is 18.6 Å². The Morgan fingerprint density at radius 3 is 2.65 bits per heavy atom. The van der Waals surface area contributed by atoms with Crippen molar-refractivity contribution in [3.8, 4) is 5.75 Å². The molecule has 4 heteroatoms. The van der Waals surface area contributed by atoms with Gasteiger partial charge in [-0.2, -0.15) is 0 Å². The molecule has 1 aromatic heterocycles. The van der Waals surface area contributed by atoms with E-state index < -0.39 is 0 Å². The summed E-state index contributed by atoms with van der Waals surface area (Å²) < 4.78 is 0. The second-order valence-corrected chi connectivity index (χ2v) is 5.56. The quantitative estimate of drug-likeness (QED) is 0.696. The number of pyridine rings is 1. The fourth-order valence-electron chi connectivity index (χ4n) is 2.52. The molecule has 0 spiro atoms. The Hall–Kier alpha value is -2.10. The van der Waals surface area contributed by atoms with E-state index in [2.05, 4.69) is 17.2 Å². The normalized spacial score (nSPS) is 10.3. The highest BCUT2D eigenvalue weighted by molar-refractivity contribution is 6.02. The van der Waals surface area contributed by atoms with Crippen LogP contribution in [0.4, 0.5) is 0 Å². The highest BCUT2D eigenvalue weighted by atomic mass is 16.3. The van der Waals surface area contributed by atoms with Gasteiger partial charge < -0.3 is 10.4 Å². The summed E-state index contributed by atoms with van der Waals surface area (Å²) in [6.45, 7) is 2.84. The van der Waals surface area contributed by atoms with E-state index in [1.807, 2.05) is 12.1 Å². The average Bonchev–Trinajstić information content (AvgIpc) is 2.54. The minimum absolute atomic E-state index is 0. The molecule has 0 aliphatic heterocycles. The Balaban J connectivity index is 0.00000264. The van der Waals surface area contributed by atoms with Crippen LogP contribution in [0.1, 0.15) is 63.2 Å². The third kappa shape index (κ3) is 5.23. The topological polar surface area (TPSA) is 62.2 Å². The summed E-state index contributed by atoms with van der Waals surface area (Å²) in [7, 11) is 0. The lowest BCUT2D eigenvalue weighted by molar-refractivity contribution is 0.0950. The zero-order valence-electron chi connectivity index (χ0n) is 13.1. The molecule has 1 aromatic carbocycles. The molecule has 4 nitrogen and oxygen atoms in total. The molecular weight excluding hydrogens is 288 g/mol. The molecule has 0 aliphatic rings. The molecule has 2 aromatic rings. The number of rotatable bonds is 8. The Kier molecular flexibility index (Phi) is 8.09. The summed E-state index contributed by atoms with van der Waals surface area (Å²) in [5, 5.41) is 13.9. The molecule has 0 fully saturated rings. The Morgan fingerprint density at radius 1 is 1.13 bits per heavy atom. The number of nitrogens with one attached hydrogen (secondary N) is 1. The number of phenolic OH excluding ortho intramolecular Hbond substituents is 1. The first-order chi connectivity index (χ1) is 10.7. The van der Waals surface area contributed by atoms with Crippen LogP contribution in [-0.4, -0.2) is 22.5 Å². The van der Waals surface area contributed by atoms with Crippen LogP contribution in [0.15, 0.2) is 30.5 Å². The highest BCUT2D eigenvalue weighted by Crippen LogP contribution is 2.26. The summed E-state index contributed by atoms with van der Waals surface area (Å²) in [4.78, 5) is 16.3. The van der Waals surface area contributed by atoms with Gasteiger partial charge in [-0.3, -0.25) is 9.78 Å². The SMILES string of the molecule is C.CCCCCCCCNC(=O)c1ccc2cccnc2c1O. The van der Waals surface area contributed by atoms with Crippen LogP contribution in [0.3, 0.4) is 0 Å². The lowest BCUT2D eigenvalue weighted by Crippen LogP contribution is -2.24. The number of phenols is 1. The van der Waals surface area contributed by atoms with Crippen LogP contribution < -0.4 is 5.32 Å². The number of carbonyl (C=O) groups is 1. The van der Waals surface area contributed by atoms with Gasteiger partial charge in [0.15, 0.2) is 5.75 Å². The third-order valence-electron chi connectivity index (χ3n) is 3.81. The average molecular weight is 316 g/mol. The molecule has 126 valence electrons. The number of amides is 1. The van der Waals surface area contributed by atoms with Gasteiger partial charge in [0.25, 0.3) is 5.91 Å². The number of benzene rings is 1. The summed E-state index contributed by atoms with van der Waals surface area (Å²) in [5.74, 6) is -0.280. The molecule has 0 atom stereocenters. The second-order valence-electron chi connectivity index (χ2n) is 5.56. The predicted molar refractivity (Wildman–Crippen MR) is 95.8 cm³/mol. The van der Waals surface area contributed by atoms with E-state index in [1.54, 1.807) is 18.3 Å². The number of hydrogen-bond donors (Lipinski definition) is 2. The van der Waals surface area contributed by atoms with Gasteiger partial charge in [0.2, 0.25) is 0 Å². The van der Waals surface area contributed by atoms with E-state index in [9.17, 15) is 9.90 Å². The fraction of sp³-hybridized carbons (Fsp3) is 0.474. The van der Waals surface area contributed by atoms with Gasteiger partial charge in [0.05, 0.1) is 5.56 Å². The maximum atomic E-state index is 12.1. The van der Waals surface area contributed by atoms with E-state index >= 15 is 0 Å². The molecule has 0 radical (unpaired) electrons. The van der Waals surface area contributed by atoms with Crippen molar-refractivity contribution in [3.63, 3.8) is 0 Å². The second kappa shape index (κ2) is 9.82. The minimum atomic E-state index is -0.237. The first kappa shape index (κ1) is 18.9. The van der Waals surface area contributed by atoms with E-state index in [1.165, 1.54) is 25.7 Å². The van der Waals surface area contributed by atoms with E-state index in [-0.39, 0.29) is 24.6 Å². The third-order valence-corrected chi connectivity index (χ3v) is 3.81. The Morgan fingerprint density at radius 2 is 1.87 bits per heavy atom. The first-order valence-corrected chi connectivity index (χ1v) is 8.09. The van der Waals surface area contributed by atoms with Crippen molar-refractivity contribution in [1.82, 2.24) is 10.3 Å². The molecule has 0 bridgehead atoms. The first-order valence-electron chi connectivity index (χ1n) is 8.09. The monoisotopic (exact) mass is 316 g/mol. The van der Waals surface area contributed by atoms with Crippen LogP contribution in [0.5, 0.6) is 5.75 Å². The van der Waals surface area contributed by atoms with Crippen molar-refractivity contribution < 1.29 is 9.90 Å². The fourth-order valence-corrected chi connectivity index (χ4v) is 2.52. The lowest BCUT2D eigenvalue weighted by atomic mass is 10.1. The molecule has 0 saturated heterocycles. The van der Waals surface area contributed by atoms with Crippen molar-refractivity contribution in [2.24, 2.45) is 0 Å². The van der Waals surface area contributed by atoms with Gasteiger partial charge in [-0.15, -0.1) is 0 Å². The van der Waals surface area contributed by atoms with Crippen LogP contribution in [0.25, 0.3) is 10.9 Å². The number of hydrogen-bond acceptors (Lipinski definition) is 3. The van der Waals surface area contributed by atoms with E-state index in [4.69, 9.17) is 0 Å². The van der Waals surface area contributed by atoms with Crippen molar-refractivity contribution in [2.75, 3.05) is 6.54 Å². The minimum Gasteiger partial charge on any atom is -0.505 e. The largest absolute Gasteiger partial charge is 0.505 e. The molecule has 1 heterocycles. The summed E-state index contributed by atoms with van der Waals surface area (Å²) >= 11 is 0. The number of fused-ring (bicyclic) bond motifs is 1. The molecule has 1 amide bonds. The number of aromatic hydroxyl groups is 1. The smallest absolute Gasteiger partial charge is 0.255 e. The number of nitrogens with zero attached hydrogens (tertiary/aromatic N) is 1. The van der Waals surface area contributed by atoms with Crippen molar-refractivity contribution in [3.05, 3.63) is 36.0 Å². The molecule has 23 heavy (non-hydrogen) atoms. The summed E-state index contributed by atoms with van der Waals surface area (Å²) in [5.41, 5.74) is 0.756. The maximum absolute atomic E-state index is 12.1. The number of unbranched alkanes of at least 4 members (excludes halogenated alkanes) is 5. The van der Waals surface area contributed by atoms with Crippen LogP contribution in [0, 0.1) is 0 Å². The zero-order chi connectivity index (χ0) is 15.8. The summed E-state index contributed by atoms with van der Waals surface area (Å²) in [6.07, 6.45) is 8.72. The van der Waals surface area contributed by atoms with Gasteiger partial charge >= 0.3 is 0 Å². The number of carbonyl (C=O) groups excluding carboxylic acids is 1. The predicted octanol–water partition coefficient (Wildman–Crippen LogP) is 4.67. The molecule has 0 unspecified atom stereocenters. The number of aromatic nitrogens is 1. The molecule has 0 saturated carbocycles. The molecule has 2 rings (SSSR count). The van der Waals surface area contributed by atoms with E-state index in [0.29, 0.717) is 12.1 Å². The molecule has 0 aliphatic carbocycles. The maximum Gasteiger partial charge on any atom is 0.255 e. The molecular formula is C19H28N2O2. The van der Waals surface area contributed by atoms with Gasteiger partial charge in [-0.25, -0.2) is 0 Å². The Bertz CT molecular complexity index is 626. The van der Waals surface area contributed by atoms with Crippen molar-refractivity contribution in [2.45, 2.75) is 52.9 Å². The van der Waals surface area contributed by atoms with Crippen molar-refractivity contribution >= 4 is 16.8 Å². The highest BCUT2D eigenvalue weighted by Gasteiger charge is 2.13. The lowest BCUT2D eigenvalue weighted by Gasteiger charge is -2.08. The molecule has 2 N–H and O–H groups in total. The Labute approximate surface area is 138 Å². The van der Waals surface area contributed by atoms with Crippen LogP contribution in [0.2, 0.25) is 0 Å². The van der Waals surface area contributed by atoms with Gasteiger partial charge in [0.1, 0.15) is 5.52 Å². The van der Waals surface area contributed by atoms with Crippen LogP contribution >= 0.6 is 0 Å². The zero-order valence-corrected chi connectivity index (χ0v) is 13.1. The van der Waals surface area contributed by atoms with E-state index in [0.717, 1.165) is 18.2 Å². The standard InChI is InChI=1S/C18H24N2O2.CH4/c1-2-3-4-5-6-7-12-20-18(22)15-11-10-14-9-8-13-19-16(14)17(15)21;/h8-11,13,21H,2-7,12H2,1H3,(H,20,22);1H4. The van der Waals surface area contributed by atoms with Gasteiger partial charge in [-0.1, -0.05) is 58.6 Å². The van der Waals surface area contributed by atoms with Gasteiger partial charge in [0, 0.05) is 18.1 Å². The van der Waals surface area contributed by atoms with Crippen molar-refractivity contribution in [1.29, 1.82) is 0 Å².